The Balaban J connectivity index is 0.906. The van der Waals surface area contributed by atoms with Crippen molar-refractivity contribution in [1.29, 1.82) is 0 Å². The summed E-state index contributed by atoms with van der Waals surface area (Å²) in [6.45, 7) is 0. The number of rotatable bonds is 8. The third kappa shape index (κ3) is 6.04. The Kier molecular flexibility index (Phi) is 7.61. The third-order valence-corrected chi connectivity index (χ3v) is 8.75. The largest absolute Gasteiger partial charge is 0.281 e. The highest BCUT2D eigenvalue weighted by molar-refractivity contribution is 5.97. The van der Waals surface area contributed by atoms with Crippen molar-refractivity contribution >= 4 is 17.4 Å². The zero-order valence-corrected chi connectivity index (χ0v) is 24.0. The highest BCUT2D eigenvalue weighted by Crippen LogP contribution is 2.31. The maximum Gasteiger partial charge on any atom is 0.0787 e. The number of hydrogen-bond donors (Lipinski definition) is 0. The highest BCUT2D eigenvalue weighted by Gasteiger charge is 2.20. The Bertz CT molecular complexity index is 1700. The summed E-state index contributed by atoms with van der Waals surface area (Å²) in [6, 6.07) is 35.3. The van der Waals surface area contributed by atoms with Gasteiger partial charge in [-0.15, -0.1) is 0 Å². The lowest BCUT2D eigenvalue weighted by Gasteiger charge is -2.23. The Labute approximate surface area is 249 Å². The third-order valence-electron chi connectivity index (χ3n) is 8.75. The van der Waals surface area contributed by atoms with E-state index in [1.54, 1.807) is 0 Å². The monoisotopic (exact) mass is 544 g/mol. The molecule has 2 aliphatic carbocycles. The molecule has 4 aromatic rings. The molecule has 0 saturated carbocycles. The first-order valence-corrected chi connectivity index (χ1v) is 15.3. The molecule has 2 atom stereocenters. The summed E-state index contributed by atoms with van der Waals surface area (Å²) in [5.41, 5.74) is 12.9. The second-order valence-electron chi connectivity index (χ2n) is 11.6. The molecule has 0 radical (unpaired) electrons. The lowest BCUT2D eigenvalue weighted by Crippen LogP contribution is -2.16. The molecule has 2 heteroatoms. The van der Waals surface area contributed by atoms with Gasteiger partial charge in [0, 0.05) is 17.3 Å². The van der Waals surface area contributed by atoms with E-state index in [1.165, 1.54) is 50.4 Å². The summed E-state index contributed by atoms with van der Waals surface area (Å²) in [6.07, 6.45) is 19.6. The Morgan fingerprint density at radius 1 is 0.667 bits per heavy atom. The van der Waals surface area contributed by atoms with Crippen LogP contribution < -0.4 is 0 Å². The molecular formula is C40H36N2. The van der Waals surface area contributed by atoms with E-state index in [4.69, 9.17) is 9.98 Å². The van der Waals surface area contributed by atoms with E-state index in [-0.39, 0.29) is 6.04 Å². The van der Waals surface area contributed by atoms with Crippen molar-refractivity contribution in [3.8, 4) is 0 Å². The van der Waals surface area contributed by atoms with Gasteiger partial charge in [-0.25, -0.2) is 0 Å². The molecule has 0 spiro atoms. The predicted molar refractivity (Wildman–Crippen MR) is 176 cm³/mol. The predicted octanol–water partition coefficient (Wildman–Crippen LogP) is 8.95. The van der Waals surface area contributed by atoms with Crippen molar-refractivity contribution in [3.05, 3.63) is 172 Å². The molecule has 0 saturated heterocycles. The van der Waals surface area contributed by atoms with Crippen molar-refractivity contribution in [2.24, 2.45) is 4.99 Å². The van der Waals surface area contributed by atoms with Gasteiger partial charge in [-0.05, 0) is 102 Å². The topological polar surface area (TPSA) is 25.2 Å². The molecule has 206 valence electrons. The first-order chi connectivity index (χ1) is 20.8. The van der Waals surface area contributed by atoms with Crippen molar-refractivity contribution in [3.63, 3.8) is 0 Å². The van der Waals surface area contributed by atoms with Gasteiger partial charge in [0.25, 0.3) is 0 Å². The van der Waals surface area contributed by atoms with Gasteiger partial charge in [0.05, 0.1) is 11.7 Å². The van der Waals surface area contributed by atoms with Gasteiger partial charge in [0.1, 0.15) is 0 Å². The number of pyridine rings is 1. The van der Waals surface area contributed by atoms with Crippen LogP contribution in [0.1, 0.15) is 58.0 Å². The van der Waals surface area contributed by atoms with Crippen molar-refractivity contribution in [2.75, 3.05) is 0 Å². The number of dihydropyridines is 1. The second-order valence-corrected chi connectivity index (χ2v) is 11.6. The van der Waals surface area contributed by atoms with Crippen LogP contribution in [0.15, 0.2) is 138 Å². The molecule has 0 bridgehead atoms. The maximum atomic E-state index is 5.08. The lowest BCUT2D eigenvalue weighted by molar-refractivity contribution is 0.785. The Morgan fingerprint density at radius 3 is 2.19 bits per heavy atom. The number of fused-ring (bicyclic) bond motifs is 2. The summed E-state index contributed by atoms with van der Waals surface area (Å²) in [5.74, 6) is 0.443. The number of hydrogen-bond acceptors (Lipinski definition) is 2. The van der Waals surface area contributed by atoms with Crippen LogP contribution in [0.2, 0.25) is 0 Å². The number of aliphatic imine (C=N–C) groups is 1. The van der Waals surface area contributed by atoms with Gasteiger partial charge in [-0.2, -0.15) is 0 Å². The molecule has 3 aromatic carbocycles. The van der Waals surface area contributed by atoms with Crippen molar-refractivity contribution < 1.29 is 0 Å². The number of nitrogens with zero attached hydrogens (tertiary/aromatic N) is 2. The molecule has 2 nitrogen and oxygen atoms in total. The minimum Gasteiger partial charge on any atom is -0.281 e. The Morgan fingerprint density at radius 2 is 1.40 bits per heavy atom. The lowest BCUT2D eigenvalue weighted by atomic mass is 9.87. The Hall–Kier alpha value is -4.56. The first-order valence-electron chi connectivity index (χ1n) is 15.3. The van der Waals surface area contributed by atoms with E-state index in [2.05, 4.69) is 134 Å². The molecule has 7 rings (SSSR count). The molecular weight excluding hydrogens is 508 g/mol. The van der Waals surface area contributed by atoms with Crippen LogP contribution in [0.5, 0.6) is 0 Å². The number of aromatic nitrogens is 1. The van der Waals surface area contributed by atoms with Gasteiger partial charge in [-0.1, -0.05) is 109 Å². The molecule has 0 N–H and O–H groups in total. The van der Waals surface area contributed by atoms with E-state index in [9.17, 15) is 0 Å². The van der Waals surface area contributed by atoms with Crippen LogP contribution in [-0.2, 0) is 25.7 Å². The van der Waals surface area contributed by atoms with Crippen molar-refractivity contribution in [2.45, 2.75) is 50.5 Å². The molecule has 0 fully saturated rings. The van der Waals surface area contributed by atoms with Crippen LogP contribution in [0.4, 0.5) is 0 Å². The molecule has 2 unspecified atom stereocenters. The minimum atomic E-state index is 0.262. The standard InChI is InChI=1S/C40H36N2/c1-3-7-31(8-4-1)33-19-25-39-35(27-33)17-23-37(41-39)21-15-29-11-13-30(14-12-29)16-22-38-24-18-36-28-34(20-26-40(36)42-38)32-9-5-2-6-10-32/h1-14,17-20,23-25,28,33,40H,15-16,21-22,26-27H2. The number of aryl methyl sites for hydroxylation is 3. The quantitative estimate of drug-likeness (QED) is 0.217. The van der Waals surface area contributed by atoms with E-state index in [0.717, 1.165) is 44.2 Å². The fraction of sp³-hybridized carbons (Fsp3) is 0.200. The molecule has 3 aliphatic rings. The second kappa shape index (κ2) is 12.1. The van der Waals surface area contributed by atoms with Crippen LogP contribution in [0.3, 0.4) is 0 Å². The van der Waals surface area contributed by atoms with Crippen LogP contribution in [-0.4, -0.2) is 16.7 Å². The SMILES string of the molecule is C1=CC(CCc2ccc(CCc3ccc4c(n3)C=CC(c3ccccc3)C4)cc2)=NC2CC=C(c3ccccc3)C=C12. The molecule has 1 aromatic heterocycles. The fourth-order valence-electron chi connectivity index (χ4n) is 6.27. The van der Waals surface area contributed by atoms with Crippen molar-refractivity contribution in [1.82, 2.24) is 4.98 Å². The van der Waals surface area contributed by atoms with E-state index < -0.39 is 0 Å². The zero-order chi connectivity index (χ0) is 28.1. The maximum absolute atomic E-state index is 5.08. The summed E-state index contributed by atoms with van der Waals surface area (Å²) in [4.78, 5) is 10.1. The minimum absolute atomic E-state index is 0.262. The summed E-state index contributed by atoms with van der Waals surface area (Å²) < 4.78 is 0. The van der Waals surface area contributed by atoms with Gasteiger partial charge in [0.2, 0.25) is 0 Å². The smallest absolute Gasteiger partial charge is 0.0787 e. The van der Waals surface area contributed by atoms with Crippen LogP contribution in [0, 0.1) is 0 Å². The average molecular weight is 545 g/mol. The number of allylic oxidation sites excluding steroid dienone is 4. The van der Waals surface area contributed by atoms with Gasteiger partial charge < -0.3 is 0 Å². The summed E-state index contributed by atoms with van der Waals surface area (Å²) >= 11 is 0. The zero-order valence-electron chi connectivity index (χ0n) is 24.0. The summed E-state index contributed by atoms with van der Waals surface area (Å²) in [7, 11) is 0. The number of benzene rings is 3. The van der Waals surface area contributed by atoms with E-state index >= 15 is 0 Å². The summed E-state index contributed by atoms with van der Waals surface area (Å²) in [5, 5.41) is 0. The van der Waals surface area contributed by atoms with E-state index in [1.807, 2.05) is 0 Å². The molecule has 42 heavy (non-hydrogen) atoms. The highest BCUT2D eigenvalue weighted by atomic mass is 14.8. The fourth-order valence-corrected chi connectivity index (χ4v) is 6.27. The molecule has 1 aliphatic heterocycles. The van der Waals surface area contributed by atoms with Crippen LogP contribution in [0.25, 0.3) is 11.6 Å². The van der Waals surface area contributed by atoms with Gasteiger partial charge in [0.15, 0.2) is 0 Å². The van der Waals surface area contributed by atoms with E-state index in [0.29, 0.717) is 5.92 Å². The molecule has 0 amide bonds. The average Bonchev–Trinajstić information content (AvgIpc) is 3.07. The van der Waals surface area contributed by atoms with Gasteiger partial charge in [-0.3, -0.25) is 9.98 Å². The first kappa shape index (κ1) is 26.3. The van der Waals surface area contributed by atoms with Crippen LogP contribution >= 0.6 is 0 Å². The normalized spacial score (nSPS) is 18.9. The van der Waals surface area contributed by atoms with Gasteiger partial charge >= 0.3 is 0 Å². The molecule has 2 heterocycles.